The van der Waals surface area contributed by atoms with E-state index in [4.69, 9.17) is 4.42 Å². The predicted octanol–water partition coefficient (Wildman–Crippen LogP) is 5.44. The minimum absolute atomic E-state index is 0.360. The number of aromatic nitrogens is 1. The summed E-state index contributed by atoms with van der Waals surface area (Å²) in [5, 5.41) is 0. The van der Waals surface area contributed by atoms with Crippen molar-refractivity contribution in [3.05, 3.63) is 34.3 Å². The van der Waals surface area contributed by atoms with Crippen LogP contribution in [0.1, 0.15) is 82.1 Å². The third-order valence-electron chi connectivity index (χ3n) is 7.08. The molecule has 1 heterocycles. The topological polar surface area (TPSA) is 49.2 Å². The molecule has 0 saturated heterocycles. The fourth-order valence-electron chi connectivity index (χ4n) is 5.36. The maximum absolute atomic E-state index is 11.4. The van der Waals surface area contributed by atoms with E-state index in [9.17, 15) is 4.79 Å². The van der Waals surface area contributed by atoms with Crippen LogP contribution >= 0.6 is 0 Å². The molecule has 2 aliphatic rings. The molecule has 2 saturated carbocycles. The van der Waals surface area contributed by atoms with Gasteiger partial charge < -0.3 is 9.32 Å². The summed E-state index contributed by atoms with van der Waals surface area (Å²) in [6, 6.07) is 6.92. The second-order valence-electron chi connectivity index (χ2n) is 8.90. The molecule has 0 amide bonds. The molecular formula is C23H34N2O2. The van der Waals surface area contributed by atoms with E-state index in [-0.39, 0.29) is 5.76 Å². The Balaban J connectivity index is 1.24. The summed E-state index contributed by atoms with van der Waals surface area (Å²) in [4.78, 5) is 16.8. The normalized spacial score (nSPS) is 24.7. The number of nitrogens with zero attached hydrogens (tertiary/aromatic N) is 1. The Bertz CT molecular complexity index is 779. The van der Waals surface area contributed by atoms with Gasteiger partial charge in [0.25, 0.3) is 0 Å². The molecule has 0 radical (unpaired) electrons. The number of oxazole rings is 1. The zero-order chi connectivity index (χ0) is 18.6. The predicted molar refractivity (Wildman–Crippen MR) is 110 cm³/mol. The first kappa shape index (κ1) is 18.8. The molecule has 4 nitrogen and oxygen atoms in total. The van der Waals surface area contributed by atoms with Crippen molar-refractivity contribution in [3.8, 4) is 0 Å². The van der Waals surface area contributed by atoms with E-state index < -0.39 is 0 Å². The highest BCUT2D eigenvalue weighted by Gasteiger charge is 2.25. The van der Waals surface area contributed by atoms with Crippen molar-refractivity contribution in [3.63, 3.8) is 0 Å². The molecule has 148 valence electrons. The average molecular weight is 371 g/mol. The van der Waals surface area contributed by atoms with Gasteiger partial charge in [0.15, 0.2) is 5.58 Å². The van der Waals surface area contributed by atoms with Gasteiger partial charge in [-0.25, -0.2) is 4.79 Å². The number of hydrogen-bond acceptors (Lipinski definition) is 3. The van der Waals surface area contributed by atoms with Gasteiger partial charge in [0.05, 0.1) is 5.52 Å². The highest BCUT2D eigenvalue weighted by atomic mass is 16.4. The summed E-state index contributed by atoms with van der Waals surface area (Å²) >= 11 is 0. The molecule has 2 fully saturated rings. The van der Waals surface area contributed by atoms with Gasteiger partial charge in [-0.05, 0) is 81.6 Å². The van der Waals surface area contributed by atoms with Crippen molar-refractivity contribution in [1.29, 1.82) is 0 Å². The Hall–Kier alpha value is -1.55. The van der Waals surface area contributed by atoms with E-state index in [2.05, 4.69) is 29.1 Å². The first-order chi connectivity index (χ1) is 13.2. The highest BCUT2D eigenvalue weighted by molar-refractivity contribution is 5.72. The number of rotatable bonds is 6. The van der Waals surface area contributed by atoms with Gasteiger partial charge in [-0.15, -0.1) is 0 Å². The Morgan fingerprint density at radius 3 is 2.63 bits per heavy atom. The summed E-state index contributed by atoms with van der Waals surface area (Å²) < 4.78 is 5.12. The van der Waals surface area contributed by atoms with Crippen molar-refractivity contribution in [1.82, 2.24) is 9.88 Å². The van der Waals surface area contributed by atoms with E-state index >= 15 is 0 Å². The lowest BCUT2D eigenvalue weighted by Crippen LogP contribution is -2.35. The number of H-pyrrole nitrogens is 1. The van der Waals surface area contributed by atoms with Gasteiger partial charge in [0, 0.05) is 6.04 Å². The van der Waals surface area contributed by atoms with Crippen LogP contribution in [0, 0.1) is 5.92 Å². The molecule has 0 aliphatic heterocycles. The molecule has 4 rings (SSSR count). The first-order valence-corrected chi connectivity index (χ1v) is 11.0. The Morgan fingerprint density at radius 1 is 1.07 bits per heavy atom. The molecular weight excluding hydrogens is 336 g/mol. The summed E-state index contributed by atoms with van der Waals surface area (Å²) in [6.07, 6.45) is 15.2. The molecule has 1 N–H and O–H groups in total. The molecule has 4 heteroatoms. The van der Waals surface area contributed by atoms with Crippen LogP contribution in [0.15, 0.2) is 27.4 Å². The summed E-state index contributed by atoms with van der Waals surface area (Å²) in [7, 11) is 2.33. The van der Waals surface area contributed by atoms with Gasteiger partial charge in [-0.3, -0.25) is 4.98 Å². The van der Waals surface area contributed by atoms with Gasteiger partial charge in [-0.1, -0.05) is 38.2 Å². The minimum Gasteiger partial charge on any atom is -0.408 e. The number of nitrogens with one attached hydrogen (secondary N) is 1. The lowest BCUT2D eigenvalue weighted by Gasteiger charge is -2.35. The third-order valence-corrected chi connectivity index (χ3v) is 7.08. The standard InChI is InChI=1S/C23H34N2O2/c1-25(15-5-8-17-6-3-2-4-7-17)20-12-9-18(10-13-20)19-11-14-22-21(16-19)24-23(26)27-22/h11,14,16-18,20H,2-10,12-13,15H2,1H3,(H,24,26). The zero-order valence-electron chi connectivity index (χ0n) is 16.7. The number of aromatic amines is 1. The first-order valence-electron chi connectivity index (χ1n) is 11.0. The van der Waals surface area contributed by atoms with Crippen LogP contribution < -0.4 is 5.76 Å². The number of benzene rings is 1. The Kier molecular flexibility index (Phi) is 6.01. The maximum Gasteiger partial charge on any atom is 0.417 e. The quantitative estimate of drug-likeness (QED) is 0.736. The van der Waals surface area contributed by atoms with E-state index in [1.165, 1.54) is 82.7 Å². The van der Waals surface area contributed by atoms with Crippen LogP contribution in [0.25, 0.3) is 11.1 Å². The van der Waals surface area contributed by atoms with E-state index in [0.717, 1.165) is 17.5 Å². The fraction of sp³-hybridized carbons (Fsp3) is 0.696. The molecule has 0 unspecified atom stereocenters. The third kappa shape index (κ3) is 4.66. The van der Waals surface area contributed by atoms with E-state index in [1.54, 1.807) is 0 Å². The van der Waals surface area contributed by atoms with Crippen molar-refractivity contribution in [2.24, 2.45) is 5.92 Å². The Morgan fingerprint density at radius 2 is 1.85 bits per heavy atom. The van der Waals surface area contributed by atoms with Crippen LogP contribution in [0.2, 0.25) is 0 Å². The largest absolute Gasteiger partial charge is 0.417 e. The Labute approximate surface area is 162 Å². The molecule has 2 aliphatic carbocycles. The molecule has 27 heavy (non-hydrogen) atoms. The molecule has 1 aromatic heterocycles. The summed E-state index contributed by atoms with van der Waals surface area (Å²) in [5.74, 6) is 1.26. The van der Waals surface area contributed by atoms with E-state index in [0.29, 0.717) is 11.5 Å². The van der Waals surface area contributed by atoms with Crippen LogP contribution in [0.3, 0.4) is 0 Å². The van der Waals surface area contributed by atoms with Gasteiger partial charge in [0.1, 0.15) is 0 Å². The number of fused-ring (bicyclic) bond motifs is 1. The second-order valence-corrected chi connectivity index (χ2v) is 8.90. The maximum atomic E-state index is 11.4. The van der Waals surface area contributed by atoms with Crippen molar-refractivity contribution in [2.45, 2.75) is 82.6 Å². The van der Waals surface area contributed by atoms with Gasteiger partial charge in [0.2, 0.25) is 0 Å². The lowest BCUT2D eigenvalue weighted by atomic mass is 9.81. The molecule has 1 aromatic carbocycles. The molecule has 0 spiro atoms. The van der Waals surface area contributed by atoms with Crippen molar-refractivity contribution >= 4 is 11.1 Å². The summed E-state index contributed by atoms with van der Waals surface area (Å²) in [5.41, 5.74) is 2.84. The van der Waals surface area contributed by atoms with Crippen LogP contribution in [0.4, 0.5) is 0 Å². The van der Waals surface area contributed by atoms with E-state index in [1.807, 2.05) is 6.07 Å². The fourth-order valence-corrected chi connectivity index (χ4v) is 5.36. The SMILES string of the molecule is CN(CCCC1CCCCC1)C1CCC(c2ccc3oc(=O)[nH]c3c2)CC1. The van der Waals surface area contributed by atoms with Crippen LogP contribution in [0.5, 0.6) is 0 Å². The summed E-state index contributed by atoms with van der Waals surface area (Å²) in [6.45, 7) is 1.26. The second kappa shape index (κ2) is 8.64. The minimum atomic E-state index is -0.360. The zero-order valence-corrected chi connectivity index (χ0v) is 16.7. The van der Waals surface area contributed by atoms with Gasteiger partial charge in [-0.2, -0.15) is 0 Å². The molecule has 0 bridgehead atoms. The highest BCUT2D eigenvalue weighted by Crippen LogP contribution is 2.35. The van der Waals surface area contributed by atoms with Gasteiger partial charge >= 0.3 is 5.76 Å². The van der Waals surface area contributed by atoms with Crippen LogP contribution in [-0.4, -0.2) is 29.5 Å². The van der Waals surface area contributed by atoms with Crippen LogP contribution in [-0.2, 0) is 0 Å². The monoisotopic (exact) mass is 370 g/mol. The number of hydrogen-bond donors (Lipinski definition) is 1. The molecule has 2 aromatic rings. The van der Waals surface area contributed by atoms with Crippen molar-refractivity contribution in [2.75, 3.05) is 13.6 Å². The lowest BCUT2D eigenvalue weighted by molar-refractivity contribution is 0.174. The average Bonchev–Trinajstić information content (AvgIpc) is 3.08. The van der Waals surface area contributed by atoms with Crippen molar-refractivity contribution < 1.29 is 4.42 Å². The smallest absolute Gasteiger partial charge is 0.408 e. The molecule has 0 atom stereocenters.